The van der Waals surface area contributed by atoms with Crippen molar-refractivity contribution in [3.63, 3.8) is 0 Å². The molecule has 2 aliphatic rings. The maximum absolute atomic E-state index is 13.2. The molecule has 0 bridgehead atoms. The number of benzene rings is 2. The van der Waals surface area contributed by atoms with E-state index in [1.165, 1.54) is 0 Å². The van der Waals surface area contributed by atoms with Crippen molar-refractivity contribution in [1.82, 2.24) is 0 Å². The molecule has 8 nitrogen and oxygen atoms in total. The summed E-state index contributed by atoms with van der Waals surface area (Å²) >= 11 is 37.5. The normalized spacial score (nSPS) is 20.8. The minimum atomic E-state index is -1.63. The largest absolute Gasteiger partial charge is 0.462 e. The van der Waals surface area contributed by atoms with Gasteiger partial charge >= 0.3 is 23.9 Å². The first-order chi connectivity index (χ1) is 22.7. The van der Waals surface area contributed by atoms with Gasteiger partial charge in [0.15, 0.2) is 11.5 Å². The summed E-state index contributed by atoms with van der Waals surface area (Å²) in [5.41, 5.74) is -0.893. The predicted octanol–water partition coefficient (Wildman–Crippen LogP) is 10.6. The molecule has 48 heavy (non-hydrogen) atoms. The molecule has 6 atom stereocenters. The molecule has 14 heteroatoms. The number of carbonyl (C=O) groups excluding carboxylic acids is 4. The van der Waals surface area contributed by atoms with E-state index >= 15 is 0 Å². The fourth-order valence-electron chi connectivity index (χ4n) is 5.47. The molecule has 0 heterocycles. The molecule has 2 aromatic carbocycles. The van der Waals surface area contributed by atoms with Gasteiger partial charge in [0.2, 0.25) is 0 Å². The van der Waals surface area contributed by atoms with Crippen LogP contribution in [-0.4, -0.2) is 37.1 Å². The number of hydrogen-bond donors (Lipinski definition) is 0. The van der Waals surface area contributed by atoms with E-state index in [1.807, 2.05) is 0 Å². The highest BCUT2D eigenvalue weighted by atomic mass is 35.5. The molecule has 0 saturated heterocycles. The van der Waals surface area contributed by atoms with Gasteiger partial charge in [-0.15, -0.1) is 0 Å². The summed E-state index contributed by atoms with van der Waals surface area (Å²) in [6.07, 6.45) is 5.99. The van der Waals surface area contributed by atoms with Crippen LogP contribution in [0.25, 0.3) is 0 Å². The zero-order valence-corrected chi connectivity index (χ0v) is 31.3. The van der Waals surface area contributed by atoms with Crippen LogP contribution >= 0.6 is 69.6 Å². The standard InChI is InChI=1S/C34H36Cl6O8/c1-5-15(3)7-17-9-19(17)13-45-31(41)25-27(39)21(35)11-23(37)29(25)47-33(43)34(44)48-30-24(38)12-22(36)28(40)26(30)32(42)46-14-20-10-18(20)8-16(4)6-2/h11-12,15-20H,5-10,13-14H2,1-4H3. The minimum Gasteiger partial charge on any atom is -0.462 e. The van der Waals surface area contributed by atoms with Gasteiger partial charge in [-0.3, -0.25) is 0 Å². The summed E-state index contributed by atoms with van der Waals surface area (Å²) in [5, 5.41) is -1.42. The lowest BCUT2D eigenvalue weighted by Crippen LogP contribution is -2.27. The molecule has 0 aromatic heterocycles. The van der Waals surface area contributed by atoms with Gasteiger partial charge in [0.05, 0.1) is 43.3 Å². The summed E-state index contributed by atoms with van der Waals surface area (Å²) in [4.78, 5) is 52.3. The second-order valence-electron chi connectivity index (χ2n) is 12.7. The Hall–Kier alpha value is -1.94. The summed E-state index contributed by atoms with van der Waals surface area (Å²) in [6, 6.07) is 2.27. The second-order valence-corrected chi connectivity index (χ2v) is 15.1. The molecule has 0 spiro atoms. The molecule has 6 unspecified atom stereocenters. The van der Waals surface area contributed by atoms with Gasteiger partial charge in [-0.1, -0.05) is 110 Å². The Labute approximate surface area is 309 Å². The Kier molecular flexibility index (Phi) is 13.6. The number of hydrogen-bond acceptors (Lipinski definition) is 8. The SMILES string of the molecule is CCC(C)CC1CC1COC(=O)c1c(Cl)c(Cl)cc(Cl)c1OC(=O)C(=O)Oc1c(Cl)cc(Cl)c(Cl)c1C(=O)OCC1CC1CC(C)CC. The predicted molar refractivity (Wildman–Crippen MR) is 186 cm³/mol. The molecule has 2 aliphatic carbocycles. The highest BCUT2D eigenvalue weighted by molar-refractivity contribution is 6.47. The first-order valence-electron chi connectivity index (χ1n) is 15.8. The van der Waals surface area contributed by atoms with Gasteiger partial charge in [0.1, 0.15) is 11.1 Å². The molecule has 2 fully saturated rings. The molecule has 2 aromatic rings. The van der Waals surface area contributed by atoms with Crippen molar-refractivity contribution in [2.24, 2.45) is 35.5 Å². The number of carbonyl (C=O) groups is 4. The maximum Gasteiger partial charge on any atom is 0.423 e. The zero-order chi connectivity index (χ0) is 35.4. The number of rotatable bonds is 14. The fourth-order valence-corrected chi connectivity index (χ4v) is 6.91. The van der Waals surface area contributed by atoms with Crippen LogP contribution in [0.15, 0.2) is 12.1 Å². The van der Waals surface area contributed by atoms with E-state index in [1.54, 1.807) is 0 Å². The highest BCUT2D eigenvalue weighted by Gasteiger charge is 2.40. The van der Waals surface area contributed by atoms with Crippen molar-refractivity contribution >= 4 is 93.5 Å². The van der Waals surface area contributed by atoms with E-state index in [0.29, 0.717) is 23.7 Å². The van der Waals surface area contributed by atoms with Crippen LogP contribution in [-0.2, 0) is 19.1 Å². The average molecular weight is 785 g/mol. The molecule has 0 aliphatic heterocycles. The summed E-state index contributed by atoms with van der Waals surface area (Å²) < 4.78 is 21.4. The van der Waals surface area contributed by atoms with E-state index in [2.05, 4.69) is 27.7 Å². The molecule has 0 radical (unpaired) electrons. The monoisotopic (exact) mass is 782 g/mol. The molecular weight excluding hydrogens is 749 g/mol. The van der Waals surface area contributed by atoms with E-state index in [4.69, 9.17) is 88.6 Å². The van der Waals surface area contributed by atoms with Crippen molar-refractivity contribution in [3.8, 4) is 11.5 Å². The summed E-state index contributed by atoms with van der Waals surface area (Å²) in [5.74, 6) is -3.95. The van der Waals surface area contributed by atoms with Gasteiger partial charge in [-0.05, 0) is 73.3 Å². The van der Waals surface area contributed by atoms with E-state index in [-0.39, 0.29) is 55.2 Å². The van der Waals surface area contributed by atoms with Gasteiger partial charge in [0.25, 0.3) is 0 Å². The third-order valence-corrected chi connectivity index (χ3v) is 11.2. The third-order valence-electron chi connectivity index (χ3n) is 9.02. The second kappa shape index (κ2) is 16.8. The Bertz CT molecular complexity index is 1460. The molecule has 262 valence electrons. The Morgan fingerprint density at radius 2 is 0.979 bits per heavy atom. The molecule has 0 N–H and O–H groups in total. The van der Waals surface area contributed by atoms with Gasteiger partial charge in [-0.2, -0.15) is 0 Å². The van der Waals surface area contributed by atoms with Gasteiger partial charge < -0.3 is 18.9 Å². The van der Waals surface area contributed by atoms with Crippen LogP contribution < -0.4 is 9.47 Å². The lowest BCUT2D eigenvalue weighted by molar-refractivity contribution is -0.156. The minimum absolute atomic E-state index is 0.111. The van der Waals surface area contributed by atoms with Crippen LogP contribution in [0.3, 0.4) is 0 Å². The highest BCUT2D eigenvalue weighted by Crippen LogP contribution is 2.46. The molecular formula is C34H36Cl6O8. The van der Waals surface area contributed by atoms with Crippen LogP contribution in [0, 0.1) is 35.5 Å². The maximum atomic E-state index is 13.2. The molecule has 2 saturated carbocycles. The Morgan fingerprint density at radius 1 is 0.625 bits per heavy atom. The third kappa shape index (κ3) is 9.64. The van der Waals surface area contributed by atoms with Crippen molar-refractivity contribution in [1.29, 1.82) is 0 Å². The van der Waals surface area contributed by atoms with Gasteiger partial charge in [-0.25, -0.2) is 19.2 Å². The van der Waals surface area contributed by atoms with E-state index in [0.717, 1.165) is 50.7 Å². The van der Waals surface area contributed by atoms with Crippen molar-refractivity contribution in [2.75, 3.05) is 13.2 Å². The van der Waals surface area contributed by atoms with Crippen molar-refractivity contribution in [3.05, 3.63) is 53.4 Å². The quantitative estimate of drug-likeness (QED) is 0.0807. The van der Waals surface area contributed by atoms with Gasteiger partial charge in [0, 0.05) is 0 Å². The number of halogens is 6. The van der Waals surface area contributed by atoms with Crippen LogP contribution in [0.5, 0.6) is 11.5 Å². The summed E-state index contributed by atoms with van der Waals surface area (Å²) in [7, 11) is 0. The van der Waals surface area contributed by atoms with Crippen LogP contribution in [0.1, 0.15) is 86.9 Å². The Balaban J connectivity index is 1.47. The topological polar surface area (TPSA) is 105 Å². The summed E-state index contributed by atoms with van der Waals surface area (Å²) in [6.45, 7) is 8.81. The lowest BCUT2D eigenvalue weighted by Gasteiger charge is -2.16. The zero-order valence-electron chi connectivity index (χ0n) is 26.8. The molecule has 4 rings (SSSR count). The van der Waals surface area contributed by atoms with Crippen molar-refractivity contribution in [2.45, 2.75) is 66.2 Å². The number of esters is 4. The fraction of sp³-hybridized carbons (Fsp3) is 0.529. The van der Waals surface area contributed by atoms with E-state index < -0.39 is 46.5 Å². The average Bonchev–Trinajstić information content (AvgIpc) is 3.97. The number of ether oxygens (including phenoxy) is 4. The first-order valence-corrected chi connectivity index (χ1v) is 18.1. The first kappa shape index (κ1) is 38.9. The molecule has 0 amide bonds. The lowest BCUT2D eigenvalue weighted by atomic mass is 10.0. The van der Waals surface area contributed by atoms with Crippen LogP contribution in [0.4, 0.5) is 0 Å². The smallest absolute Gasteiger partial charge is 0.423 e. The van der Waals surface area contributed by atoms with Crippen LogP contribution in [0.2, 0.25) is 30.1 Å². The Morgan fingerprint density at radius 3 is 1.31 bits per heavy atom. The van der Waals surface area contributed by atoms with E-state index in [9.17, 15) is 19.2 Å². The van der Waals surface area contributed by atoms with Crippen molar-refractivity contribution < 1.29 is 38.1 Å².